The number of hydrogen-bond donors (Lipinski definition) is 0. The third-order valence-corrected chi connectivity index (χ3v) is 4.57. The van der Waals surface area contributed by atoms with E-state index in [9.17, 15) is 0 Å². The summed E-state index contributed by atoms with van der Waals surface area (Å²) in [4.78, 5) is 2.62. The van der Waals surface area contributed by atoms with Crippen LogP contribution in [-0.4, -0.2) is 17.5 Å². The molecule has 0 N–H and O–H groups in total. The summed E-state index contributed by atoms with van der Waals surface area (Å²) in [6.45, 7) is 6.81. The number of rotatable bonds is 3. The van der Waals surface area contributed by atoms with Gasteiger partial charge in [-0.05, 0) is 41.6 Å². The minimum atomic E-state index is 0.707. The van der Waals surface area contributed by atoms with Crippen molar-refractivity contribution in [2.24, 2.45) is 0 Å². The Labute approximate surface area is 122 Å². The van der Waals surface area contributed by atoms with Crippen LogP contribution < -0.4 is 0 Å². The Kier molecular flexibility index (Phi) is 3.88. The first kappa shape index (κ1) is 13.4. The molecule has 0 spiro atoms. The topological polar surface area (TPSA) is 3.24 Å². The summed E-state index contributed by atoms with van der Waals surface area (Å²) in [5.74, 6) is 0. The van der Waals surface area contributed by atoms with Gasteiger partial charge in [0.1, 0.15) is 0 Å². The monoisotopic (exact) mass is 265 g/mol. The van der Waals surface area contributed by atoms with Gasteiger partial charge in [0.15, 0.2) is 0 Å². The molecule has 0 radical (unpaired) electrons. The van der Waals surface area contributed by atoms with E-state index in [-0.39, 0.29) is 0 Å². The lowest BCUT2D eigenvalue weighted by Gasteiger charge is -2.36. The Hall–Kier alpha value is -1.60. The molecule has 1 heterocycles. The van der Waals surface area contributed by atoms with Crippen molar-refractivity contribution >= 4 is 0 Å². The molecule has 0 amide bonds. The lowest BCUT2D eigenvalue weighted by molar-refractivity contribution is 0.176. The zero-order chi connectivity index (χ0) is 13.9. The molecule has 104 valence electrons. The molecule has 2 aromatic rings. The molecule has 1 atom stereocenters. The van der Waals surface area contributed by atoms with Gasteiger partial charge in [-0.3, -0.25) is 4.90 Å². The van der Waals surface area contributed by atoms with E-state index in [2.05, 4.69) is 67.3 Å². The van der Waals surface area contributed by atoms with Crippen molar-refractivity contribution < 1.29 is 0 Å². The molecule has 1 aliphatic heterocycles. The molecule has 0 saturated heterocycles. The van der Waals surface area contributed by atoms with Crippen molar-refractivity contribution in [1.29, 1.82) is 0 Å². The predicted octanol–water partition coefficient (Wildman–Crippen LogP) is 4.51. The van der Waals surface area contributed by atoms with Crippen molar-refractivity contribution in [2.45, 2.75) is 39.3 Å². The summed E-state index contributed by atoms with van der Waals surface area (Å²) >= 11 is 0. The highest BCUT2D eigenvalue weighted by molar-refractivity contribution is 5.69. The van der Waals surface area contributed by atoms with Gasteiger partial charge >= 0.3 is 0 Å². The van der Waals surface area contributed by atoms with Crippen LogP contribution in [-0.2, 0) is 13.0 Å². The van der Waals surface area contributed by atoms with Crippen LogP contribution in [0.5, 0.6) is 0 Å². The zero-order valence-corrected chi connectivity index (χ0v) is 12.5. The van der Waals surface area contributed by atoms with Crippen LogP contribution in [0.15, 0.2) is 48.5 Å². The van der Waals surface area contributed by atoms with Crippen LogP contribution in [0.25, 0.3) is 11.1 Å². The van der Waals surface area contributed by atoms with Crippen molar-refractivity contribution in [3.8, 4) is 11.1 Å². The van der Waals surface area contributed by atoms with E-state index < -0.39 is 0 Å². The summed E-state index contributed by atoms with van der Waals surface area (Å²) in [5.41, 5.74) is 5.83. The number of hydrogen-bond acceptors (Lipinski definition) is 1. The van der Waals surface area contributed by atoms with E-state index in [1.165, 1.54) is 29.5 Å². The third-order valence-electron chi connectivity index (χ3n) is 4.57. The summed E-state index contributed by atoms with van der Waals surface area (Å²) in [6, 6.07) is 18.3. The van der Waals surface area contributed by atoms with E-state index in [1.807, 2.05) is 0 Å². The highest BCUT2D eigenvalue weighted by Gasteiger charge is 2.25. The molecule has 0 bridgehead atoms. The first-order valence-corrected chi connectivity index (χ1v) is 7.73. The van der Waals surface area contributed by atoms with Crippen LogP contribution in [0.3, 0.4) is 0 Å². The average molecular weight is 265 g/mol. The average Bonchev–Trinajstić information content (AvgIpc) is 2.53. The molecule has 0 aromatic heterocycles. The molecular weight excluding hydrogens is 242 g/mol. The van der Waals surface area contributed by atoms with Crippen molar-refractivity contribution in [3.05, 3.63) is 59.7 Å². The van der Waals surface area contributed by atoms with Crippen LogP contribution in [0, 0.1) is 0 Å². The van der Waals surface area contributed by atoms with Gasteiger partial charge in [-0.25, -0.2) is 0 Å². The molecule has 2 aromatic carbocycles. The van der Waals surface area contributed by atoms with Crippen LogP contribution in [0.4, 0.5) is 0 Å². The maximum absolute atomic E-state index is 2.62. The third kappa shape index (κ3) is 2.38. The SMILES string of the molecule is CCC1Cc2cccc(-c3ccccc3)c2CN1CC. The Bertz CT molecular complexity index is 574. The minimum Gasteiger partial charge on any atom is -0.296 e. The Balaban J connectivity index is 2.04. The van der Waals surface area contributed by atoms with Crippen molar-refractivity contribution in [3.63, 3.8) is 0 Å². The first-order valence-electron chi connectivity index (χ1n) is 7.73. The molecule has 0 aliphatic carbocycles. The fourth-order valence-corrected chi connectivity index (χ4v) is 3.39. The summed E-state index contributed by atoms with van der Waals surface area (Å²) < 4.78 is 0. The molecule has 1 unspecified atom stereocenters. The fraction of sp³-hybridized carbons (Fsp3) is 0.368. The fourth-order valence-electron chi connectivity index (χ4n) is 3.39. The molecule has 1 nitrogen and oxygen atoms in total. The normalized spacial score (nSPS) is 18.8. The first-order chi connectivity index (χ1) is 9.83. The maximum atomic E-state index is 2.62. The number of likely N-dealkylation sites (N-methyl/N-ethyl adjacent to an activating group) is 1. The van der Waals surface area contributed by atoms with E-state index in [4.69, 9.17) is 0 Å². The van der Waals surface area contributed by atoms with Gasteiger partial charge in [0.05, 0.1) is 0 Å². The summed E-state index contributed by atoms with van der Waals surface area (Å²) in [5, 5.41) is 0. The van der Waals surface area contributed by atoms with Crippen LogP contribution >= 0.6 is 0 Å². The number of benzene rings is 2. The van der Waals surface area contributed by atoms with Crippen LogP contribution in [0.2, 0.25) is 0 Å². The smallest absolute Gasteiger partial charge is 0.0245 e. The van der Waals surface area contributed by atoms with E-state index >= 15 is 0 Å². The lowest BCUT2D eigenvalue weighted by atomic mass is 9.87. The quantitative estimate of drug-likeness (QED) is 0.789. The minimum absolute atomic E-state index is 0.707. The van der Waals surface area contributed by atoms with Gasteiger partial charge < -0.3 is 0 Å². The Morgan fingerprint density at radius 3 is 2.50 bits per heavy atom. The number of fused-ring (bicyclic) bond motifs is 1. The van der Waals surface area contributed by atoms with Crippen molar-refractivity contribution in [1.82, 2.24) is 4.90 Å². The second kappa shape index (κ2) is 5.80. The van der Waals surface area contributed by atoms with E-state index in [0.717, 1.165) is 13.1 Å². The summed E-state index contributed by atoms with van der Waals surface area (Å²) in [6.07, 6.45) is 2.43. The molecule has 0 fully saturated rings. The van der Waals surface area contributed by atoms with Gasteiger partial charge in [-0.1, -0.05) is 62.4 Å². The van der Waals surface area contributed by atoms with E-state index in [1.54, 1.807) is 5.56 Å². The molecule has 0 saturated carbocycles. The standard InChI is InChI=1S/C19H23N/c1-3-17-13-16-11-8-12-18(15-9-6-5-7-10-15)19(16)14-20(17)4-2/h5-12,17H,3-4,13-14H2,1-2H3. The molecule has 1 heteroatoms. The second-order valence-electron chi connectivity index (χ2n) is 5.64. The van der Waals surface area contributed by atoms with Gasteiger partial charge in [-0.15, -0.1) is 0 Å². The van der Waals surface area contributed by atoms with Gasteiger partial charge in [0.2, 0.25) is 0 Å². The predicted molar refractivity (Wildman–Crippen MR) is 85.7 cm³/mol. The maximum Gasteiger partial charge on any atom is 0.0245 e. The highest BCUT2D eigenvalue weighted by atomic mass is 15.2. The van der Waals surface area contributed by atoms with Gasteiger partial charge in [-0.2, -0.15) is 0 Å². The van der Waals surface area contributed by atoms with Crippen LogP contribution in [0.1, 0.15) is 31.4 Å². The molecule has 20 heavy (non-hydrogen) atoms. The molecule has 3 rings (SSSR count). The summed E-state index contributed by atoms with van der Waals surface area (Å²) in [7, 11) is 0. The lowest BCUT2D eigenvalue weighted by Crippen LogP contribution is -2.39. The largest absolute Gasteiger partial charge is 0.296 e. The zero-order valence-electron chi connectivity index (χ0n) is 12.5. The highest BCUT2D eigenvalue weighted by Crippen LogP contribution is 2.32. The van der Waals surface area contributed by atoms with E-state index in [0.29, 0.717) is 6.04 Å². The van der Waals surface area contributed by atoms with Crippen molar-refractivity contribution in [2.75, 3.05) is 6.54 Å². The second-order valence-corrected chi connectivity index (χ2v) is 5.64. The van der Waals surface area contributed by atoms with Gasteiger partial charge in [0, 0.05) is 12.6 Å². The van der Waals surface area contributed by atoms with Gasteiger partial charge in [0.25, 0.3) is 0 Å². The Morgan fingerprint density at radius 2 is 1.80 bits per heavy atom. The molecular formula is C19H23N. The number of nitrogens with zero attached hydrogens (tertiary/aromatic N) is 1. The Morgan fingerprint density at radius 1 is 1.00 bits per heavy atom. The molecule has 1 aliphatic rings.